The molecule has 6 heteroatoms. The van der Waals surface area contributed by atoms with Gasteiger partial charge >= 0.3 is 0 Å². The molecule has 0 radical (unpaired) electrons. The number of benzene rings is 2. The average molecular weight is 352 g/mol. The molecule has 0 bridgehead atoms. The summed E-state index contributed by atoms with van der Waals surface area (Å²) in [6.07, 6.45) is 1.85. The number of rotatable bonds is 2. The Balaban J connectivity index is 1.64. The lowest BCUT2D eigenvalue weighted by atomic mass is 10.2. The van der Waals surface area contributed by atoms with Gasteiger partial charge in [-0.2, -0.15) is 0 Å². The zero-order chi connectivity index (χ0) is 17.4. The van der Waals surface area contributed by atoms with Crippen LogP contribution < -0.4 is 9.47 Å². The molecule has 1 saturated heterocycles. The maximum atomic E-state index is 12.5. The minimum Gasteiger partial charge on any atom is -0.454 e. The Morgan fingerprint density at radius 1 is 1.16 bits per heavy atom. The minimum atomic E-state index is -0.0602. The number of thioether (sulfide) groups is 1. The standard InChI is InChI=1S/C19H16N2O3S/c1-12-5-3-4-6-14(12)20-19-21(2)18(22)17(25-19)10-13-7-8-15-16(9-13)24-11-23-15/h3-10H,11H2,1-2H3/b17-10+,20-19?. The van der Waals surface area contributed by atoms with E-state index in [1.54, 1.807) is 11.9 Å². The van der Waals surface area contributed by atoms with Crippen LogP contribution >= 0.6 is 11.8 Å². The van der Waals surface area contributed by atoms with Crippen molar-refractivity contribution in [3.05, 3.63) is 58.5 Å². The van der Waals surface area contributed by atoms with Gasteiger partial charge in [-0.15, -0.1) is 0 Å². The van der Waals surface area contributed by atoms with Crippen LogP contribution in [0.3, 0.4) is 0 Å². The molecule has 0 aliphatic carbocycles. The summed E-state index contributed by atoms with van der Waals surface area (Å²) >= 11 is 1.37. The highest BCUT2D eigenvalue weighted by Gasteiger charge is 2.30. The molecular formula is C19H16N2O3S. The van der Waals surface area contributed by atoms with Crippen molar-refractivity contribution in [2.45, 2.75) is 6.92 Å². The quantitative estimate of drug-likeness (QED) is 0.768. The largest absolute Gasteiger partial charge is 0.454 e. The van der Waals surface area contributed by atoms with E-state index in [4.69, 9.17) is 9.47 Å². The fourth-order valence-corrected chi connectivity index (χ4v) is 3.58. The van der Waals surface area contributed by atoms with Gasteiger partial charge in [-0.05, 0) is 54.1 Å². The molecule has 1 amide bonds. The van der Waals surface area contributed by atoms with E-state index in [-0.39, 0.29) is 12.7 Å². The molecule has 0 aromatic heterocycles. The number of likely N-dealkylation sites (N-methyl/N-ethyl adjacent to an activating group) is 1. The lowest BCUT2D eigenvalue weighted by molar-refractivity contribution is -0.121. The molecule has 1 fully saturated rings. The average Bonchev–Trinajstić information content (AvgIpc) is 3.17. The number of carbonyl (C=O) groups is 1. The number of nitrogens with zero attached hydrogens (tertiary/aromatic N) is 2. The molecular weight excluding hydrogens is 336 g/mol. The number of hydrogen-bond acceptors (Lipinski definition) is 5. The summed E-state index contributed by atoms with van der Waals surface area (Å²) in [6, 6.07) is 13.5. The number of aryl methyl sites for hydroxylation is 1. The number of carbonyl (C=O) groups excluding carboxylic acids is 1. The third-order valence-corrected chi connectivity index (χ3v) is 5.09. The van der Waals surface area contributed by atoms with Gasteiger partial charge in [0.05, 0.1) is 10.6 Å². The van der Waals surface area contributed by atoms with E-state index >= 15 is 0 Å². The molecule has 25 heavy (non-hydrogen) atoms. The van der Waals surface area contributed by atoms with E-state index in [0.29, 0.717) is 15.8 Å². The topological polar surface area (TPSA) is 51.1 Å². The number of amides is 1. The lowest BCUT2D eigenvalue weighted by Gasteiger charge is -2.08. The summed E-state index contributed by atoms with van der Waals surface area (Å²) in [5, 5.41) is 0.672. The molecule has 126 valence electrons. The second-order valence-electron chi connectivity index (χ2n) is 5.77. The number of amidine groups is 1. The van der Waals surface area contributed by atoms with Crippen molar-refractivity contribution < 1.29 is 14.3 Å². The Labute approximate surface area is 150 Å². The van der Waals surface area contributed by atoms with Crippen LogP contribution in [0.4, 0.5) is 5.69 Å². The zero-order valence-corrected chi connectivity index (χ0v) is 14.7. The van der Waals surface area contributed by atoms with Crippen LogP contribution in [0, 0.1) is 6.92 Å². The molecule has 2 aliphatic rings. The first-order valence-electron chi connectivity index (χ1n) is 7.83. The predicted molar refractivity (Wildman–Crippen MR) is 99.2 cm³/mol. The van der Waals surface area contributed by atoms with Gasteiger partial charge in [-0.1, -0.05) is 24.3 Å². The van der Waals surface area contributed by atoms with Crippen molar-refractivity contribution in [2.24, 2.45) is 4.99 Å². The molecule has 0 spiro atoms. The van der Waals surface area contributed by atoms with E-state index in [0.717, 1.165) is 22.6 Å². The smallest absolute Gasteiger partial charge is 0.266 e. The van der Waals surface area contributed by atoms with E-state index < -0.39 is 0 Å². The Kier molecular flexibility index (Phi) is 3.97. The Bertz CT molecular complexity index is 921. The SMILES string of the molecule is Cc1ccccc1N=C1S/C(=C/c2ccc3c(c2)OCO3)C(=O)N1C. The lowest BCUT2D eigenvalue weighted by Crippen LogP contribution is -2.23. The highest BCUT2D eigenvalue weighted by atomic mass is 32.2. The third-order valence-electron chi connectivity index (χ3n) is 4.03. The van der Waals surface area contributed by atoms with E-state index in [1.165, 1.54) is 11.8 Å². The fraction of sp³-hybridized carbons (Fsp3) is 0.158. The number of hydrogen-bond donors (Lipinski definition) is 0. The van der Waals surface area contributed by atoms with Crippen molar-refractivity contribution in [1.82, 2.24) is 4.90 Å². The van der Waals surface area contributed by atoms with E-state index in [1.807, 2.05) is 55.5 Å². The van der Waals surface area contributed by atoms with Crippen molar-refractivity contribution >= 4 is 34.6 Å². The summed E-state index contributed by atoms with van der Waals surface area (Å²) in [4.78, 5) is 19.4. The minimum absolute atomic E-state index is 0.0602. The molecule has 2 aromatic rings. The first-order valence-corrected chi connectivity index (χ1v) is 8.65. The van der Waals surface area contributed by atoms with Gasteiger partial charge in [0.15, 0.2) is 16.7 Å². The number of fused-ring (bicyclic) bond motifs is 1. The number of para-hydroxylation sites is 1. The summed E-state index contributed by atoms with van der Waals surface area (Å²) in [7, 11) is 1.74. The summed E-state index contributed by atoms with van der Waals surface area (Å²) in [6.45, 7) is 2.24. The van der Waals surface area contributed by atoms with Gasteiger partial charge in [0, 0.05) is 7.05 Å². The maximum Gasteiger partial charge on any atom is 0.266 e. The molecule has 2 heterocycles. The maximum absolute atomic E-state index is 12.5. The van der Waals surface area contributed by atoms with E-state index in [2.05, 4.69) is 4.99 Å². The third kappa shape index (κ3) is 3.00. The Hall–Kier alpha value is -2.73. The van der Waals surface area contributed by atoms with Crippen molar-refractivity contribution in [1.29, 1.82) is 0 Å². The number of aliphatic imine (C=N–C) groups is 1. The summed E-state index contributed by atoms with van der Waals surface area (Å²) < 4.78 is 10.7. The highest BCUT2D eigenvalue weighted by molar-refractivity contribution is 8.18. The first-order chi connectivity index (χ1) is 12.1. The molecule has 0 saturated carbocycles. The second-order valence-corrected chi connectivity index (χ2v) is 6.78. The van der Waals surface area contributed by atoms with Gasteiger partial charge < -0.3 is 9.47 Å². The van der Waals surface area contributed by atoms with Crippen molar-refractivity contribution in [2.75, 3.05) is 13.8 Å². The van der Waals surface area contributed by atoms with Crippen LogP contribution in [0.1, 0.15) is 11.1 Å². The molecule has 2 aromatic carbocycles. The molecule has 2 aliphatic heterocycles. The van der Waals surface area contributed by atoms with Crippen LogP contribution in [-0.4, -0.2) is 29.8 Å². The van der Waals surface area contributed by atoms with Crippen molar-refractivity contribution in [3.63, 3.8) is 0 Å². The van der Waals surface area contributed by atoms with Crippen LogP contribution in [0.2, 0.25) is 0 Å². The predicted octanol–water partition coefficient (Wildman–Crippen LogP) is 3.96. The number of ether oxygens (including phenoxy) is 2. The monoisotopic (exact) mass is 352 g/mol. The molecule has 0 atom stereocenters. The fourth-order valence-electron chi connectivity index (χ4n) is 2.60. The van der Waals surface area contributed by atoms with Gasteiger partial charge in [-0.25, -0.2) is 4.99 Å². The molecule has 4 rings (SSSR count). The second kappa shape index (κ2) is 6.29. The Morgan fingerprint density at radius 2 is 1.96 bits per heavy atom. The van der Waals surface area contributed by atoms with Gasteiger partial charge in [0.1, 0.15) is 0 Å². The first kappa shape index (κ1) is 15.8. The highest BCUT2D eigenvalue weighted by Crippen LogP contribution is 2.36. The van der Waals surface area contributed by atoms with Gasteiger partial charge in [-0.3, -0.25) is 9.69 Å². The normalized spacial score (nSPS) is 19.3. The van der Waals surface area contributed by atoms with Gasteiger partial charge in [0.2, 0.25) is 6.79 Å². The van der Waals surface area contributed by atoms with Crippen molar-refractivity contribution in [3.8, 4) is 11.5 Å². The zero-order valence-electron chi connectivity index (χ0n) is 13.9. The molecule has 0 unspecified atom stereocenters. The Morgan fingerprint density at radius 3 is 2.80 bits per heavy atom. The molecule has 0 N–H and O–H groups in total. The molecule has 5 nitrogen and oxygen atoms in total. The van der Waals surface area contributed by atoms with Crippen LogP contribution in [-0.2, 0) is 4.79 Å². The van der Waals surface area contributed by atoms with Crippen LogP contribution in [0.5, 0.6) is 11.5 Å². The van der Waals surface area contributed by atoms with E-state index in [9.17, 15) is 4.79 Å². The van der Waals surface area contributed by atoms with Crippen LogP contribution in [0.15, 0.2) is 52.4 Å². The van der Waals surface area contributed by atoms with Crippen LogP contribution in [0.25, 0.3) is 6.08 Å². The van der Waals surface area contributed by atoms with Gasteiger partial charge in [0.25, 0.3) is 5.91 Å². The summed E-state index contributed by atoms with van der Waals surface area (Å²) in [5.74, 6) is 1.37. The summed E-state index contributed by atoms with van der Waals surface area (Å²) in [5.41, 5.74) is 2.84.